The highest BCUT2D eigenvalue weighted by molar-refractivity contribution is 6.31. The van der Waals surface area contributed by atoms with Crippen LogP contribution in [0.4, 0.5) is 0 Å². The Kier molecular flexibility index (Phi) is 4.97. The van der Waals surface area contributed by atoms with E-state index >= 15 is 0 Å². The molecule has 0 aliphatic carbocycles. The second kappa shape index (κ2) is 6.71. The Hall–Kier alpha value is -1.35. The maximum atomic E-state index is 9.15. The van der Waals surface area contributed by atoms with Crippen molar-refractivity contribution in [3.05, 3.63) is 70.2 Å². The largest absolute Gasteiger partial charge is 0.392 e. The van der Waals surface area contributed by atoms with Crippen LogP contribution in [0.25, 0.3) is 0 Å². The molecule has 2 N–H and O–H groups in total. The summed E-state index contributed by atoms with van der Waals surface area (Å²) >= 11 is 6.13. The lowest BCUT2D eigenvalue weighted by molar-refractivity contribution is 0.281. The molecular weight excluding hydrogens is 258 g/mol. The first-order valence-corrected chi connectivity index (χ1v) is 6.75. The van der Waals surface area contributed by atoms with Gasteiger partial charge in [0.15, 0.2) is 0 Å². The molecule has 0 saturated carbocycles. The van der Waals surface area contributed by atoms with Gasteiger partial charge in [-0.25, -0.2) is 0 Å². The van der Waals surface area contributed by atoms with E-state index in [-0.39, 0.29) is 12.6 Å². The third-order valence-corrected chi connectivity index (χ3v) is 3.56. The fourth-order valence-corrected chi connectivity index (χ4v) is 2.19. The standard InChI is InChI=1S/C16H18ClNO/c1-12(14-7-4-5-13(9-14)11-19)18-10-15-6-2-3-8-16(15)17/h2-9,12,18-19H,10-11H2,1H3. The van der Waals surface area contributed by atoms with Gasteiger partial charge < -0.3 is 10.4 Å². The van der Waals surface area contributed by atoms with Gasteiger partial charge in [-0.2, -0.15) is 0 Å². The van der Waals surface area contributed by atoms with Crippen LogP contribution in [0.3, 0.4) is 0 Å². The lowest BCUT2D eigenvalue weighted by Gasteiger charge is -2.15. The second-order valence-corrected chi connectivity index (χ2v) is 5.00. The van der Waals surface area contributed by atoms with Gasteiger partial charge in [0.05, 0.1) is 6.61 Å². The van der Waals surface area contributed by atoms with E-state index in [9.17, 15) is 0 Å². The first-order valence-electron chi connectivity index (χ1n) is 6.37. The summed E-state index contributed by atoms with van der Waals surface area (Å²) in [6, 6.07) is 16.0. The van der Waals surface area contributed by atoms with Crippen molar-refractivity contribution in [1.29, 1.82) is 0 Å². The Balaban J connectivity index is 2.01. The SMILES string of the molecule is CC(NCc1ccccc1Cl)c1cccc(CO)c1. The number of hydrogen-bond donors (Lipinski definition) is 2. The third kappa shape index (κ3) is 3.80. The molecule has 100 valence electrons. The summed E-state index contributed by atoms with van der Waals surface area (Å²) in [5.41, 5.74) is 3.19. The summed E-state index contributed by atoms with van der Waals surface area (Å²) in [6.07, 6.45) is 0. The highest BCUT2D eigenvalue weighted by atomic mass is 35.5. The highest BCUT2D eigenvalue weighted by Gasteiger charge is 2.06. The lowest BCUT2D eigenvalue weighted by Crippen LogP contribution is -2.18. The molecular formula is C16H18ClNO. The molecule has 3 heteroatoms. The number of hydrogen-bond acceptors (Lipinski definition) is 2. The molecule has 0 amide bonds. The zero-order valence-electron chi connectivity index (χ0n) is 10.9. The minimum Gasteiger partial charge on any atom is -0.392 e. The van der Waals surface area contributed by atoms with Gasteiger partial charge >= 0.3 is 0 Å². The van der Waals surface area contributed by atoms with E-state index in [1.54, 1.807) is 0 Å². The van der Waals surface area contributed by atoms with Gasteiger partial charge in [0.25, 0.3) is 0 Å². The van der Waals surface area contributed by atoms with Crippen molar-refractivity contribution in [2.45, 2.75) is 26.1 Å². The van der Waals surface area contributed by atoms with Crippen LogP contribution < -0.4 is 5.32 Å². The second-order valence-electron chi connectivity index (χ2n) is 4.60. The van der Waals surface area contributed by atoms with Crippen molar-refractivity contribution in [3.8, 4) is 0 Å². The molecule has 0 spiro atoms. The average molecular weight is 276 g/mol. The van der Waals surface area contributed by atoms with Gasteiger partial charge in [-0.15, -0.1) is 0 Å². The molecule has 19 heavy (non-hydrogen) atoms. The molecule has 0 heterocycles. The van der Waals surface area contributed by atoms with Crippen molar-refractivity contribution in [2.24, 2.45) is 0 Å². The molecule has 2 aromatic rings. The maximum Gasteiger partial charge on any atom is 0.0681 e. The lowest BCUT2D eigenvalue weighted by atomic mass is 10.1. The first kappa shape index (κ1) is 14.1. The minimum atomic E-state index is 0.0745. The van der Waals surface area contributed by atoms with Crippen molar-refractivity contribution in [2.75, 3.05) is 0 Å². The van der Waals surface area contributed by atoms with Crippen LogP contribution in [0.15, 0.2) is 48.5 Å². The number of aliphatic hydroxyl groups excluding tert-OH is 1. The Morgan fingerprint density at radius 2 is 1.95 bits per heavy atom. The fourth-order valence-electron chi connectivity index (χ4n) is 1.98. The molecule has 0 fully saturated rings. The summed E-state index contributed by atoms with van der Waals surface area (Å²) < 4.78 is 0. The van der Waals surface area contributed by atoms with Crippen LogP contribution in [0, 0.1) is 0 Å². The summed E-state index contributed by atoms with van der Waals surface area (Å²) in [5.74, 6) is 0. The molecule has 0 aromatic heterocycles. The number of aliphatic hydroxyl groups is 1. The van der Waals surface area contributed by atoms with E-state index in [1.165, 1.54) is 5.56 Å². The quantitative estimate of drug-likeness (QED) is 0.872. The Labute approximate surface area is 119 Å². The number of benzene rings is 2. The van der Waals surface area contributed by atoms with E-state index < -0.39 is 0 Å². The maximum absolute atomic E-state index is 9.15. The van der Waals surface area contributed by atoms with Crippen LogP contribution in [0.1, 0.15) is 29.7 Å². The summed E-state index contributed by atoms with van der Waals surface area (Å²) in [6.45, 7) is 2.91. The number of halogens is 1. The molecule has 0 saturated heterocycles. The van der Waals surface area contributed by atoms with Gasteiger partial charge in [-0.3, -0.25) is 0 Å². The van der Waals surface area contributed by atoms with Crippen molar-refractivity contribution in [3.63, 3.8) is 0 Å². The molecule has 0 bridgehead atoms. The van der Waals surface area contributed by atoms with Crippen LogP contribution in [-0.2, 0) is 13.2 Å². The molecule has 1 atom stereocenters. The third-order valence-electron chi connectivity index (χ3n) is 3.19. The van der Waals surface area contributed by atoms with Gasteiger partial charge in [0.1, 0.15) is 0 Å². The molecule has 0 aliphatic rings. The van der Waals surface area contributed by atoms with Crippen LogP contribution in [0.5, 0.6) is 0 Å². The van der Waals surface area contributed by atoms with E-state index in [4.69, 9.17) is 16.7 Å². The Morgan fingerprint density at radius 1 is 1.16 bits per heavy atom. The molecule has 2 aromatic carbocycles. The van der Waals surface area contributed by atoms with Crippen LogP contribution in [0.2, 0.25) is 5.02 Å². The van der Waals surface area contributed by atoms with Crippen LogP contribution in [-0.4, -0.2) is 5.11 Å². The predicted octanol–water partition coefficient (Wildman–Crippen LogP) is 3.68. The normalized spacial score (nSPS) is 12.4. The molecule has 0 radical (unpaired) electrons. The van der Waals surface area contributed by atoms with E-state index in [2.05, 4.69) is 18.3 Å². The summed E-state index contributed by atoms with van der Waals surface area (Å²) in [4.78, 5) is 0. The summed E-state index contributed by atoms with van der Waals surface area (Å²) in [7, 11) is 0. The minimum absolute atomic E-state index is 0.0745. The van der Waals surface area contributed by atoms with Gasteiger partial charge in [0, 0.05) is 17.6 Å². The zero-order chi connectivity index (χ0) is 13.7. The Bertz CT molecular complexity index is 542. The van der Waals surface area contributed by atoms with Crippen molar-refractivity contribution >= 4 is 11.6 Å². The van der Waals surface area contributed by atoms with E-state index in [0.29, 0.717) is 0 Å². The molecule has 2 rings (SSSR count). The molecule has 0 aliphatic heterocycles. The van der Waals surface area contributed by atoms with Crippen molar-refractivity contribution < 1.29 is 5.11 Å². The van der Waals surface area contributed by atoms with Gasteiger partial charge in [0.2, 0.25) is 0 Å². The molecule has 2 nitrogen and oxygen atoms in total. The van der Waals surface area contributed by atoms with E-state index in [0.717, 1.165) is 22.7 Å². The van der Waals surface area contributed by atoms with E-state index in [1.807, 2.05) is 42.5 Å². The first-order chi connectivity index (χ1) is 9.20. The number of nitrogens with one attached hydrogen (secondary N) is 1. The monoisotopic (exact) mass is 275 g/mol. The van der Waals surface area contributed by atoms with Gasteiger partial charge in [-0.05, 0) is 29.7 Å². The zero-order valence-corrected chi connectivity index (χ0v) is 11.7. The topological polar surface area (TPSA) is 32.3 Å². The Morgan fingerprint density at radius 3 is 2.68 bits per heavy atom. The smallest absolute Gasteiger partial charge is 0.0681 e. The molecule has 1 unspecified atom stereocenters. The predicted molar refractivity (Wildman–Crippen MR) is 79.1 cm³/mol. The highest BCUT2D eigenvalue weighted by Crippen LogP contribution is 2.18. The van der Waals surface area contributed by atoms with Crippen molar-refractivity contribution in [1.82, 2.24) is 5.32 Å². The van der Waals surface area contributed by atoms with Crippen LogP contribution >= 0.6 is 11.6 Å². The average Bonchev–Trinajstić information content (AvgIpc) is 2.46. The van der Waals surface area contributed by atoms with Gasteiger partial charge in [-0.1, -0.05) is 54.1 Å². The number of rotatable bonds is 5. The summed E-state index contributed by atoms with van der Waals surface area (Å²) in [5, 5.41) is 13.4. The fraction of sp³-hybridized carbons (Fsp3) is 0.250.